The molecule has 2 aliphatic rings. The minimum Gasteiger partial charge on any atom is -0.444 e. The van der Waals surface area contributed by atoms with Crippen LogP contribution >= 0.6 is 22.7 Å². The molecule has 3 aromatic rings. The van der Waals surface area contributed by atoms with Crippen molar-refractivity contribution >= 4 is 51.6 Å². The van der Waals surface area contributed by atoms with Crippen molar-refractivity contribution in [3.8, 4) is 5.00 Å². The van der Waals surface area contributed by atoms with E-state index in [0.29, 0.717) is 43.2 Å². The lowest BCUT2D eigenvalue weighted by molar-refractivity contribution is -0.121. The van der Waals surface area contributed by atoms with Crippen LogP contribution in [0.3, 0.4) is 0 Å². The molecule has 0 radical (unpaired) electrons. The fraction of sp³-hybridized carbons (Fsp3) is 0.590. The highest BCUT2D eigenvalue weighted by Crippen LogP contribution is 2.39. The van der Waals surface area contributed by atoms with Crippen molar-refractivity contribution in [2.45, 2.75) is 117 Å². The van der Waals surface area contributed by atoms with Gasteiger partial charge >= 0.3 is 12.1 Å². The largest absolute Gasteiger partial charge is 0.444 e. The number of urea groups is 1. The molecule has 12 nitrogen and oxygen atoms in total. The number of nitrogens with one attached hydrogen (secondary N) is 5. The number of carbonyl (C=O) groups is 4. The van der Waals surface area contributed by atoms with Gasteiger partial charge in [-0.3, -0.25) is 19.8 Å². The highest BCUT2D eigenvalue weighted by atomic mass is 32.1. The monoisotopic (exact) mass is 767 g/mol. The Morgan fingerprint density at radius 3 is 2.28 bits per heavy atom. The van der Waals surface area contributed by atoms with Crippen molar-refractivity contribution in [1.29, 1.82) is 0 Å². The summed E-state index contributed by atoms with van der Waals surface area (Å²) in [5, 5.41) is 16.7. The standard InChI is InChI=1S/C39H57N7O5S2/c1-5-45-24-18-27-29(36(53-31(27)26-45)46-22-13-14-23-46)25-43-37(49)44-35-33(28-15-8-9-16-30(28)52-35)34(48)41-20-12-11-19-40-32(47)17-7-6-10-21-42-38(50)51-39(2,3)4/h13-14,22-23H,5-12,15-21,24-26H2,1-4H3,(H,40,47)(H,41,48)(H,42,50)(H2,43,44,49). The predicted molar refractivity (Wildman–Crippen MR) is 212 cm³/mol. The average Bonchev–Trinajstić information content (AvgIpc) is 3.86. The number of aryl methyl sites for hydroxylation is 1. The van der Waals surface area contributed by atoms with Crippen molar-refractivity contribution in [1.82, 2.24) is 30.7 Å². The number of fused-ring (bicyclic) bond motifs is 2. The second-order valence-electron chi connectivity index (χ2n) is 14.8. The van der Waals surface area contributed by atoms with Gasteiger partial charge in [-0.05, 0) is 108 Å². The van der Waals surface area contributed by atoms with E-state index in [4.69, 9.17) is 4.74 Å². The first-order valence-corrected chi connectivity index (χ1v) is 20.9. The van der Waals surface area contributed by atoms with E-state index in [1.807, 2.05) is 32.9 Å². The number of rotatable bonds is 17. The molecule has 290 valence electrons. The second kappa shape index (κ2) is 19.4. The molecule has 0 aromatic carbocycles. The van der Waals surface area contributed by atoms with E-state index in [1.54, 1.807) is 11.3 Å². The van der Waals surface area contributed by atoms with Gasteiger partial charge in [0.2, 0.25) is 5.91 Å². The Balaban J connectivity index is 1.05. The van der Waals surface area contributed by atoms with Gasteiger partial charge in [-0.1, -0.05) is 13.3 Å². The Morgan fingerprint density at radius 2 is 1.53 bits per heavy atom. The van der Waals surface area contributed by atoms with E-state index >= 15 is 0 Å². The second-order valence-corrected chi connectivity index (χ2v) is 17.0. The van der Waals surface area contributed by atoms with Gasteiger partial charge in [0.1, 0.15) is 15.6 Å². The van der Waals surface area contributed by atoms with Crippen LogP contribution in [0.25, 0.3) is 5.00 Å². The third-order valence-corrected chi connectivity index (χ3v) is 12.0. The Labute approximate surface area is 321 Å². The van der Waals surface area contributed by atoms with Crippen molar-refractivity contribution in [2.24, 2.45) is 0 Å². The van der Waals surface area contributed by atoms with Crippen molar-refractivity contribution in [2.75, 3.05) is 38.0 Å². The van der Waals surface area contributed by atoms with Crippen molar-refractivity contribution < 1.29 is 23.9 Å². The zero-order valence-electron chi connectivity index (χ0n) is 31.8. The van der Waals surface area contributed by atoms with E-state index < -0.39 is 11.7 Å². The molecule has 14 heteroatoms. The van der Waals surface area contributed by atoms with Crippen LogP contribution in [0.2, 0.25) is 0 Å². The number of thiophene rings is 2. The molecule has 0 atom stereocenters. The number of likely N-dealkylation sites (N-methyl/N-ethyl adjacent to an activating group) is 1. The predicted octanol–water partition coefficient (Wildman–Crippen LogP) is 6.89. The van der Waals surface area contributed by atoms with Crippen LogP contribution in [0, 0.1) is 0 Å². The molecular formula is C39H57N7O5S2. The minimum atomic E-state index is -0.519. The van der Waals surface area contributed by atoms with E-state index in [-0.39, 0.29) is 17.8 Å². The number of anilines is 1. The summed E-state index contributed by atoms with van der Waals surface area (Å²) in [6, 6.07) is 3.73. The van der Waals surface area contributed by atoms with Crippen LogP contribution in [0.4, 0.5) is 14.6 Å². The molecule has 0 saturated heterocycles. The molecule has 0 unspecified atom stereocenters. The smallest absolute Gasteiger partial charge is 0.407 e. The summed E-state index contributed by atoms with van der Waals surface area (Å²) in [4.78, 5) is 55.9. The lowest BCUT2D eigenvalue weighted by Crippen LogP contribution is -2.33. The number of alkyl carbamates (subject to hydrolysis) is 1. The zero-order valence-corrected chi connectivity index (χ0v) is 33.4. The van der Waals surface area contributed by atoms with Gasteiger partial charge in [-0.25, -0.2) is 9.59 Å². The van der Waals surface area contributed by atoms with Crippen LogP contribution in [-0.4, -0.2) is 71.7 Å². The molecule has 5 rings (SSSR count). The Morgan fingerprint density at radius 1 is 0.811 bits per heavy atom. The topological polar surface area (TPSA) is 146 Å². The summed E-state index contributed by atoms with van der Waals surface area (Å²) >= 11 is 3.32. The molecule has 0 bridgehead atoms. The Bertz CT molecular complexity index is 1690. The molecule has 53 heavy (non-hydrogen) atoms. The maximum Gasteiger partial charge on any atom is 0.407 e. The molecule has 5 amide bonds. The van der Waals surface area contributed by atoms with E-state index in [0.717, 1.165) is 100.0 Å². The summed E-state index contributed by atoms with van der Waals surface area (Å²) < 4.78 is 7.36. The van der Waals surface area contributed by atoms with Crippen LogP contribution in [0.1, 0.15) is 116 Å². The summed E-state index contributed by atoms with van der Waals surface area (Å²) in [5.41, 5.74) is 3.64. The number of aromatic nitrogens is 1. The lowest BCUT2D eigenvalue weighted by Gasteiger charge is -2.25. The third kappa shape index (κ3) is 11.8. The van der Waals surface area contributed by atoms with Crippen LogP contribution in [0.5, 0.6) is 0 Å². The number of amides is 5. The average molecular weight is 768 g/mol. The normalized spacial score (nSPS) is 14.2. The number of ether oxygens (including phenoxy) is 1. The number of hydrogen-bond acceptors (Lipinski definition) is 8. The van der Waals surface area contributed by atoms with Crippen LogP contribution in [0.15, 0.2) is 24.5 Å². The Kier molecular flexibility index (Phi) is 14.8. The first-order valence-electron chi connectivity index (χ1n) is 19.2. The number of hydrogen-bond donors (Lipinski definition) is 5. The third-order valence-electron chi connectivity index (χ3n) is 9.52. The quantitative estimate of drug-likeness (QED) is 0.0947. The summed E-state index contributed by atoms with van der Waals surface area (Å²) in [6.07, 6.45) is 12.8. The molecule has 0 fully saturated rings. The summed E-state index contributed by atoms with van der Waals surface area (Å²) in [5.74, 6) is -0.150. The maximum atomic E-state index is 13.6. The first kappa shape index (κ1) is 40.3. The fourth-order valence-corrected chi connectivity index (χ4v) is 9.45. The van der Waals surface area contributed by atoms with Crippen LogP contribution in [-0.2, 0) is 41.9 Å². The van der Waals surface area contributed by atoms with Gasteiger partial charge < -0.3 is 30.6 Å². The van der Waals surface area contributed by atoms with Crippen molar-refractivity contribution in [3.05, 3.63) is 56.5 Å². The van der Waals surface area contributed by atoms with Gasteiger partial charge in [-0.15, -0.1) is 22.7 Å². The molecule has 3 aromatic heterocycles. The maximum absolute atomic E-state index is 13.6. The number of unbranched alkanes of at least 4 members (excludes halogenated alkanes) is 3. The van der Waals surface area contributed by atoms with Gasteiger partial charge in [0.05, 0.1) is 5.56 Å². The zero-order chi connectivity index (χ0) is 37.8. The summed E-state index contributed by atoms with van der Waals surface area (Å²) in [6.45, 7) is 12.6. The van der Waals surface area contributed by atoms with Gasteiger partial charge in [0.15, 0.2) is 0 Å². The van der Waals surface area contributed by atoms with Crippen molar-refractivity contribution in [3.63, 3.8) is 0 Å². The van der Waals surface area contributed by atoms with E-state index in [9.17, 15) is 19.2 Å². The molecule has 0 saturated carbocycles. The van der Waals surface area contributed by atoms with Crippen LogP contribution < -0.4 is 26.6 Å². The summed E-state index contributed by atoms with van der Waals surface area (Å²) in [7, 11) is 0. The van der Waals surface area contributed by atoms with E-state index in [2.05, 4.69) is 55.4 Å². The molecular weight excluding hydrogens is 711 g/mol. The molecule has 0 spiro atoms. The Hall–Kier alpha value is -3.88. The molecule has 1 aliphatic heterocycles. The lowest BCUT2D eigenvalue weighted by atomic mass is 9.95. The molecule has 5 N–H and O–H groups in total. The minimum absolute atomic E-state index is 0.0102. The van der Waals surface area contributed by atoms with Gasteiger partial charge in [-0.2, -0.15) is 0 Å². The first-order chi connectivity index (χ1) is 25.5. The SMILES string of the molecule is CCN1CCc2c(sc(-n3cccc3)c2CNC(=O)Nc2sc3c(c2C(=O)NCCCCNC(=O)CCCCCNC(=O)OC(C)(C)C)CCCC3)C1. The van der Waals surface area contributed by atoms with Gasteiger partial charge in [0, 0.05) is 73.4 Å². The van der Waals surface area contributed by atoms with Gasteiger partial charge in [0.25, 0.3) is 5.91 Å². The highest BCUT2D eigenvalue weighted by molar-refractivity contribution is 7.17. The molecule has 4 heterocycles. The fourth-order valence-electron chi connectivity index (χ4n) is 6.80. The molecule has 1 aliphatic carbocycles. The number of carbonyl (C=O) groups excluding carboxylic acids is 4. The van der Waals surface area contributed by atoms with E-state index in [1.165, 1.54) is 26.7 Å². The number of nitrogens with zero attached hydrogens (tertiary/aromatic N) is 2. The highest BCUT2D eigenvalue weighted by Gasteiger charge is 2.28.